The minimum Gasteiger partial charge on any atom is -0.497 e. The van der Waals surface area contributed by atoms with E-state index in [-0.39, 0.29) is 17.3 Å². The van der Waals surface area contributed by atoms with Gasteiger partial charge in [0, 0.05) is 6.20 Å². The SMILES string of the molecule is COc1ccc(OP(=O)(OCC2(C(F)F)OC(n3ccc(N)nc3=O)C(O)C2(F)F)Oc2ccc(OC)cc2)cc1. The molecule has 3 aromatic rings. The zero-order valence-corrected chi connectivity index (χ0v) is 22.3. The first kappa shape index (κ1) is 30.1. The molecule has 12 nitrogen and oxygen atoms in total. The van der Waals surface area contributed by atoms with Crippen molar-refractivity contribution >= 4 is 13.6 Å². The number of alkyl halides is 4. The van der Waals surface area contributed by atoms with E-state index in [1.165, 1.54) is 62.8 Å². The van der Waals surface area contributed by atoms with Gasteiger partial charge < -0.3 is 34.1 Å². The Balaban J connectivity index is 1.68. The highest BCUT2D eigenvalue weighted by atomic mass is 31.2. The highest BCUT2D eigenvalue weighted by molar-refractivity contribution is 7.49. The van der Waals surface area contributed by atoms with Crippen LogP contribution < -0.4 is 29.9 Å². The molecular formula is C24H24F4N3O9P. The minimum atomic E-state index is -5.04. The van der Waals surface area contributed by atoms with Crippen molar-refractivity contribution in [2.24, 2.45) is 0 Å². The lowest BCUT2D eigenvalue weighted by molar-refractivity contribution is -0.242. The highest BCUT2D eigenvalue weighted by Crippen LogP contribution is 2.56. The molecule has 0 amide bonds. The summed E-state index contributed by atoms with van der Waals surface area (Å²) in [6, 6.07) is 11.7. The number of anilines is 1. The van der Waals surface area contributed by atoms with Crippen LogP contribution in [0.15, 0.2) is 65.6 Å². The maximum atomic E-state index is 15.4. The van der Waals surface area contributed by atoms with Gasteiger partial charge in [-0.25, -0.2) is 18.1 Å². The Morgan fingerprint density at radius 1 is 1.00 bits per heavy atom. The molecule has 3 unspecified atom stereocenters. The smallest absolute Gasteiger partial charge is 0.497 e. The number of rotatable bonds is 11. The first-order valence-corrected chi connectivity index (χ1v) is 13.1. The van der Waals surface area contributed by atoms with E-state index in [0.717, 1.165) is 12.3 Å². The van der Waals surface area contributed by atoms with E-state index in [1.807, 2.05) is 0 Å². The summed E-state index contributed by atoms with van der Waals surface area (Å²) in [6.45, 7) is -1.81. The number of phosphoric acid groups is 1. The lowest BCUT2D eigenvalue weighted by Gasteiger charge is -2.33. The molecule has 0 bridgehead atoms. The van der Waals surface area contributed by atoms with Gasteiger partial charge in [-0.15, -0.1) is 0 Å². The van der Waals surface area contributed by atoms with Gasteiger partial charge in [0.1, 0.15) is 35.4 Å². The maximum Gasteiger partial charge on any atom is 0.587 e. The minimum absolute atomic E-state index is 0.162. The van der Waals surface area contributed by atoms with Gasteiger partial charge in [0.05, 0.1) is 14.2 Å². The maximum absolute atomic E-state index is 15.4. The van der Waals surface area contributed by atoms with Crippen LogP contribution in [0, 0.1) is 0 Å². The summed E-state index contributed by atoms with van der Waals surface area (Å²) in [5.41, 5.74) is 0.208. The average molecular weight is 605 g/mol. The van der Waals surface area contributed by atoms with Gasteiger partial charge in [-0.05, 0) is 54.6 Å². The van der Waals surface area contributed by atoms with Crippen molar-refractivity contribution < 1.29 is 55.0 Å². The van der Waals surface area contributed by atoms with Crippen LogP contribution in [0.3, 0.4) is 0 Å². The monoisotopic (exact) mass is 605 g/mol. The van der Waals surface area contributed by atoms with Crippen molar-refractivity contribution in [2.45, 2.75) is 30.3 Å². The number of hydrogen-bond acceptors (Lipinski definition) is 11. The van der Waals surface area contributed by atoms with E-state index in [1.54, 1.807) is 0 Å². The Morgan fingerprint density at radius 2 is 1.49 bits per heavy atom. The summed E-state index contributed by atoms with van der Waals surface area (Å²) in [5, 5.41) is 10.3. The number of aliphatic hydroxyl groups excluding tert-OH is 1. The topological polar surface area (TPSA) is 154 Å². The summed E-state index contributed by atoms with van der Waals surface area (Å²) in [5.74, 6) is -4.60. The quantitative estimate of drug-likeness (QED) is 0.243. The van der Waals surface area contributed by atoms with E-state index < -0.39 is 50.4 Å². The van der Waals surface area contributed by atoms with Crippen LogP contribution in [0.4, 0.5) is 23.4 Å². The number of nitrogens with two attached hydrogens (primary N) is 1. The molecular weight excluding hydrogens is 581 g/mol. The molecule has 0 saturated carbocycles. The van der Waals surface area contributed by atoms with Crippen LogP contribution in [-0.4, -0.2) is 59.5 Å². The molecule has 2 heterocycles. The van der Waals surface area contributed by atoms with Gasteiger partial charge in [-0.1, -0.05) is 0 Å². The zero-order valence-electron chi connectivity index (χ0n) is 21.4. The second kappa shape index (κ2) is 11.6. The molecule has 222 valence electrons. The molecule has 1 aliphatic rings. The number of aromatic nitrogens is 2. The Morgan fingerprint density at radius 3 is 1.93 bits per heavy atom. The van der Waals surface area contributed by atoms with Crippen molar-refractivity contribution in [1.82, 2.24) is 9.55 Å². The number of nitrogen functional groups attached to an aromatic ring is 1. The lowest BCUT2D eigenvalue weighted by atomic mass is 9.95. The largest absolute Gasteiger partial charge is 0.587 e. The predicted molar refractivity (Wildman–Crippen MR) is 134 cm³/mol. The summed E-state index contributed by atoms with van der Waals surface area (Å²) in [6.07, 6.45) is -8.52. The number of methoxy groups -OCH3 is 2. The van der Waals surface area contributed by atoms with Crippen LogP contribution in [0.5, 0.6) is 23.0 Å². The standard InChI is InChI=1S/C24H24F4N3O9P/c1-35-14-3-7-16(8-4-14)39-41(34,40-17-9-5-15(36-2)6-10-17)37-13-23(21(25)26)24(27,28)19(32)20(38-23)31-12-11-18(29)30-22(31)33/h3-12,19-21,32H,13H2,1-2H3,(H2,29,30,33). The van der Waals surface area contributed by atoms with Gasteiger partial charge in [0.25, 0.3) is 6.43 Å². The third-order valence-corrected chi connectivity index (χ3v) is 7.32. The van der Waals surface area contributed by atoms with Crippen molar-refractivity contribution in [3.05, 3.63) is 71.3 Å². The van der Waals surface area contributed by atoms with Gasteiger partial charge in [-0.2, -0.15) is 13.8 Å². The number of aliphatic hydroxyl groups is 1. The van der Waals surface area contributed by atoms with E-state index in [4.69, 9.17) is 33.5 Å². The number of ether oxygens (including phenoxy) is 3. The Labute approximate surface area is 229 Å². The molecule has 0 spiro atoms. The molecule has 0 aliphatic carbocycles. The zero-order chi connectivity index (χ0) is 30.0. The van der Waals surface area contributed by atoms with E-state index >= 15 is 8.78 Å². The summed E-state index contributed by atoms with van der Waals surface area (Å²) in [4.78, 5) is 15.5. The number of halogens is 4. The van der Waals surface area contributed by atoms with Crippen LogP contribution >= 0.6 is 7.82 Å². The van der Waals surface area contributed by atoms with Gasteiger partial charge in [0.2, 0.25) is 5.60 Å². The summed E-state index contributed by atoms with van der Waals surface area (Å²) in [7, 11) is -2.26. The van der Waals surface area contributed by atoms with Crippen molar-refractivity contribution in [2.75, 3.05) is 26.6 Å². The van der Waals surface area contributed by atoms with Gasteiger partial charge >= 0.3 is 19.4 Å². The number of phosphoric ester groups is 1. The summed E-state index contributed by atoms with van der Waals surface area (Å²) < 4.78 is 104. The molecule has 1 saturated heterocycles. The highest BCUT2D eigenvalue weighted by Gasteiger charge is 2.74. The molecule has 17 heteroatoms. The molecule has 1 aliphatic heterocycles. The van der Waals surface area contributed by atoms with Crippen molar-refractivity contribution in [3.8, 4) is 23.0 Å². The first-order chi connectivity index (χ1) is 19.3. The molecule has 1 fully saturated rings. The number of hydrogen-bond donors (Lipinski definition) is 2. The first-order valence-electron chi connectivity index (χ1n) is 11.6. The second-order valence-electron chi connectivity index (χ2n) is 8.56. The van der Waals surface area contributed by atoms with Crippen LogP contribution in [-0.2, 0) is 13.8 Å². The molecule has 41 heavy (non-hydrogen) atoms. The molecule has 0 radical (unpaired) electrons. The van der Waals surface area contributed by atoms with Crippen molar-refractivity contribution in [3.63, 3.8) is 0 Å². The van der Waals surface area contributed by atoms with Crippen LogP contribution in [0.25, 0.3) is 0 Å². The molecule has 2 aromatic carbocycles. The fourth-order valence-corrected chi connectivity index (χ4v) is 5.04. The van der Waals surface area contributed by atoms with Crippen LogP contribution in [0.1, 0.15) is 6.23 Å². The third kappa shape index (κ3) is 5.95. The number of benzene rings is 2. The van der Waals surface area contributed by atoms with Crippen molar-refractivity contribution in [1.29, 1.82) is 0 Å². The van der Waals surface area contributed by atoms with E-state index in [2.05, 4.69) is 4.98 Å². The normalized spacial score (nSPS) is 22.0. The third-order valence-electron chi connectivity index (χ3n) is 6.01. The Hall–Kier alpha value is -3.85. The van der Waals surface area contributed by atoms with E-state index in [0.29, 0.717) is 16.1 Å². The molecule has 4 rings (SSSR count). The Bertz CT molecular complexity index is 1410. The molecule has 1 aromatic heterocycles. The molecule has 3 atom stereocenters. The predicted octanol–water partition coefficient (Wildman–Crippen LogP) is 3.65. The van der Waals surface area contributed by atoms with E-state index in [9.17, 15) is 23.2 Å². The van der Waals surface area contributed by atoms with Crippen LogP contribution in [0.2, 0.25) is 0 Å². The second-order valence-corrected chi connectivity index (χ2v) is 10.1. The van der Waals surface area contributed by atoms with Gasteiger partial charge in [-0.3, -0.25) is 9.09 Å². The number of nitrogens with zero attached hydrogens (tertiary/aromatic N) is 2. The Kier molecular flexibility index (Phi) is 8.49. The molecule has 3 N–H and O–H groups in total. The lowest BCUT2D eigenvalue weighted by Crippen LogP contribution is -2.57. The fraction of sp³-hybridized carbons (Fsp3) is 0.333. The summed E-state index contributed by atoms with van der Waals surface area (Å²) >= 11 is 0. The van der Waals surface area contributed by atoms with Gasteiger partial charge in [0.15, 0.2) is 12.3 Å². The average Bonchev–Trinajstić information content (AvgIpc) is 3.14. The fourth-order valence-electron chi connectivity index (χ4n) is 3.78.